The summed E-state index contributed by atoms with van der Waals surface area (Å²) in [7, 11) is 0. The minimum absolute atomic E-state index is 1.03. The molecule has 0 bridgehead atoms. The molecule has 0 spiro atoms. The Labute approximate surface area is 85.6 Å². The van der Waals surface area contributed by atoms with Crippen LogP contribution in [0, 0.1) is 0 Å². The molecule has 2 nitrogen and oxygen atoms in total. The van der Waals surface area contributed by atoms with E-state index in [0.29, 0.717) is 0 Å². The Hall–Kier alpha value is -0.180. The average molecular weight is 200 g/mol. The number of nitrogens with zero attached hydrogens (tertiary/aromatic N) is 1. The van der Waals surface area contributed by atoms with Gasteiger partial charge in [0.1, 0.15) is 0 Å². The Bertz CT molecular complexity index is 157. The summed E-state index contributed by atoms with van der Waals surface area (Å²) in [5.41, 5.74) is 0. The molecular weight excluding hydrogens is 180 g/mol. The van der Waals surface area contributed by atoms with Crippen LogP contribution in [0.5, 0.6) is 0 Å². The molecule has 1 N–H and O–H groups in total. The van der Waals surface area contributed by atoms with Crippen LogP contribution in [0.15, 0.2) is 4.99 Å². The van der Waals surface area contributed by atoms with Crippen molar-refractivity contribution in [2.75, 3.05) is 25.1 Å². The fourth-order valence-electron chi connectivity index (χ4n) is 1.47. The molecule has 3 heteroatoms. The summed E-state index contributed by atoms with van der Waals surface area (Å²) in [5, 5.41) is 3.43. The van der Waals surface area contributed by atoms with Crippen LogP contribution in [-0.2, 0) is 0 Å². The largest absolute Gasteiger partial charge is 0.374 e. The van der Waals surface area contributed by atoms with Crippen LogP contribution in [0.1, 0.15) is 32.1 Å². The molecule has 0 amide bonds. The van der Waals surface area contributed by atoms with E-state index in [1.54, 1.807) is 0 Å². The highest BCUT2D eigenvalue weighted by atomic mass is 32.2. The van der Waals surface area contributed by atoms with Crippen molar-refractivity contribution in [3.05, 3.63) is 0 Å². The summed E-state index contributed by atoms with van der Waals surface area (Å²) in [4.78, 5) is 4.52. The molecule has 0 aromatic heterocycles. The zero-order valence-corrected chi connectivity index (χ0v) is 9.33. The van der Waals surface area contributed by atoms with Crippen LogP contribution in [0.25, 0.3) is 0 Å². The molecular formula is C10H20N2S. The second-order valence-corrected chi connectivity index (χ2v) is 4.40. The van der Waals surface area contributed by atoms with Crippen molar-refractivity contribution in [3.63, 3.8) is 0 Å². The number of rotatable bonds is 4. The monoisotopic (exact) mass is 200 g/mol. The van der Waals surface area contributed by atoms with Crippen molar-refractivity contribution < 1.29 is 0 Å². The van der Waals surface area contributed by atoms with Crippen molar-refractivity contribution in [3.8, 4) is 0 Å². The van der Waals surface area contributed by atoms with Gasteiger partial charge in [0.15, 0.2) is 0 Å². The van der Waals surface area contributed by atoms with E-state index in [2.05, 4.69) is 16.6 Å². The first-order valence-electron chi connectivity index (χ1n) is 5.19. The fourth-order valence-corrected chi connectivity index (χ4v) is 1.90. The molecule has 1 aliphatic heterocycles. The Morgan fingerprint density at radius 2 is 2.31 bits per heavy atom. The summed E-state index contributed by atoms with van der Waals surface area (Å²) in [6, 6.07) is 0. The van der Waals surface area contributed by atoms with Gasteiger partial charge < -0.3 is 5.32 Å². The van der Waals surface area contributed by atoms with Gasteiger partial charge in [-0.2, -0.15) is 11.8 Å². The second-order valence-electron chi connectivity index (χ2n) is 3.41. The molecule has 1 aliphatic rings. The minimum atomic E-state index is 1.03. The highest BCUT2D eigenvalue weighted by Gasteiger charge is 2.02. The molecule has 0 radical (unpaired) electrons. The third-order valence-corrected chi connectivity index (χ3v) is 2.93. The smallest absolute Gasteiger partial charge is 0.0963 e. The lowest BCUT2D eigenvalue weighted by Crippen LogP contribution is -2.24. The quantitative estimate of drug-likeness (QED) is 0.704. The average Bonchev–Trinajstić information content (AvgIpc) is 2.41. The number of aliphatic imine (C=N–C) groups is 1. The van der Waals surface area contributed by atoms with Gasteiger partial charge in [-0.3, -0.25) is 4.99 Å². The standard InChI is InChI=1S/C10H20N2S/c1-13-9-5-8-12-10-6-3-2-4-7-11-10/h2-9H2,1H3,(H,11,12). The van der Waals surface area contributed by atoms with Crippen molar-refractivity contribution in [1.29, 1.82) is 0 Å². The number of hydrogen-bond donors (Lipinski definition) is 1. The van der Waals surface area contributed by atoms with Crippen molar-refractivity contribution in [2.45, 2.75) is 32.1 Å². The van der Waals surface area contributed by atoms with E-state index in [-0.39, 0.29) is 0 Å². The van der Waals surface area contributed by atoms with E-state index >= 15 is 0 Å². The van der Waals surface area contributed by atoms with Gasteiger partial charge in [0.05, 0.1) is 5.84 Å². The lowest BCUT2D eigenvalue weighted by molar-refractivity contribution is 0.727. The SMILES string of the molecule is CSCCCNC1=NCCCCC1. The Kier molecular flexibility index (Phi) is 6.07. The van der Waals surface area contributed by atoms with Gasteiger partial charge in [0.25, 0.3) is 0 Å². The van der Waals surface area contributed by atoms with Crippen LogP contribution in [-0.4, -0.2) is 30.9 Å². The van der Waals surface area contributed by atoms with E-state index in [1.807, 2.05) is 11.8 Å². The number of thioether (sulfide) groups is 1. The van der Waals surface area contributed by atoms with Crippen LogP contribution >= 0.6 is 11.8 Å². The minimum Gasteiger partial charge on any atom is -0.374 e. The highest BCUT2D eigenvalue weighted by Crippen LogP contribution is 2.06. The summed E-state index contributed by atoms with van der Waals surface area (Å²) >= 11 is 1.91. The third kappa shape index (κ3) is 5.19. The summed E-state index contributed by atoms with van der Waals surface area (Å²) in [5.74, 6) is 2.50. The maximum absolute atomic E-state index is 4.52. The first kappa shape index (κ1) is 10.9. The molecule has 0 unspecified atom stereocenters. The molecule has 76 valence electrons. The maximum atomic E-state index is 4.52. The zero-order valence-electron chi connectivity index (χ0n) is 8.51. The van der Waals surface area contributed by atoms with Gasteiger partial charge in [-0.1, -0.05) is 6.42 Å². The van der Waals surface area contributed by atoms with Gasteiger partial charge in [0, 0.05) is 19.5 Å². The van der Waals surface area contributed by atoms with E-state index in [0.717, 1.165) is 13.1 Å². The first-order valence-corrected chi connectivity index (χ1v) is 6.59. The van der Waals surface area contributed by atoms with Gasteiger partial charge >= 0.3 is 0 Å². The number of nitrogens with one attached hydrogen (secondary N) is 1. The van der Waals surface area contributed by atoms with Gasteiger partial charge in [-0.05, 0) is 31.3 Å². The molecule has 0 saturated heterocycles. The molecule has 0 fully saturated rings. The van der Waals surface area contributed by atoms with Crippen LogP contribution < -0.4 is 5.32 Å². The summed E-state index contributed by atoms with van der Waals surface area (Å²) < 4.78 is 0. The van der Waals surface area contributed by atoms with Crippen molar-refractivity contribution >= 4 is 17.6 Å². The van der Waals surface area contributed by atoms with Crippen LogP contribution in [0.2, 0.25) is 0 Å². The third-order valence-electron chi connectivity index (χ3n) is 2.23. The first-order chi connectivity index (χ1) is 6.43. The van der Waals surface area contributed by atoms with E-state index in [9.17, 15) is 0 Å². The van der Waals surface area contributed by atoms with E-state index < -0.39 is 0 Å². The number of hydrogen-bond acceptors (Lipinski definition) is 3. The topological polar surface area (TPSA) is 24.4 Å². The molecule has 0 aromatic carbocycles. The number of amidine groups is 1. The molecule has 0 atom stereocenters. The Morgan fingerprint density at radius 3 is 3.15 bits per heavy atom. The molecule has 1 rings (SSSR count). The van der Waals surface area contributed by atoms with Gasteiger partial charge in [0.2, 0.25) is 0 Å². The molecule has 0 aliphatic carbocycles. The summed E-state index contributed by atoms with van der Waals surface area (Å²) in [6.45, 7) is 2.13. The molecule has 0 saturated carbocycles. The lowest BCUT2D eigenvalue weighted by Gasteiger charge is -2.06. The second kappa shape index (κ2) is 7.25. The maximum Gasteiger partial charge on any atom is 0.0963 e. The van der Waals surface area contributed by atoms with Crippen molar-refractivity contribution in [1.82, 2.24) is 5.32 Å². The predicted octanol–water partition coefficient (Wildman–Crippen LogP) is 2.30. The Balaban J connectivity index is 2.08. The van der Waals surface area contributed by atoms with E-state index in [1.165, 1.54) is 43.7 Å². The van der Waals surface area contributed by atoms with Crippen LogP contribution in [0.3, 0.4) is 0 Å². The van der Waals surface area contributed by atoms with Gasteiger partial charge in [-0.25, -0.2) is 0 Å². The predicted molar refractivity (Wildman–Crippen MR) is 61.8 cm³/mol. The zero-order chi connectivity index (χ0) is 9.36. The molecule has 13 heavy (non-hydrogen) atoms. The van der Waals surface area contributed by atoms with E-state index in [4.69, 9.17) is 0 Å². The lowest BCUT2D eigenvalue weighted by atomic mass is 10.2. The molecule has 0 aromatic rings. The van der Waals surface area contributed by atoms with Crippen LogP contribution in [0.4, 0.5) is 0 Å². The summed E-state index contributed by atoms with van der Waals surface area (Å²) in [6.07, 6.45) is 8.51. The molecule has 1 heterocycles. The Morgan fingerprint density at radius 1 is 1.38 bits per heavy atom. The van der Waals surface area contributed by atoms with Crippen molar-refractivity contribution in [2.24, 2.45) is 4.99 Å². The highest BCUT2D eigenvalue weighted by molar-refractivity contribution is 7.98. The van der Waals surface area contributed by atoms with Gasteiger partial charge in [-0.15, -0.1) is 0 Å². The fraction of sp³-hybridized carbons (Fsp3) is 0.900. The normalized spacial score (nSPS) is 17.8.